The van der Waals surface area contributed by atoms with E-state index in [2.05, 4.69) is 26.3 Å². The molecule has 1 aromatic carbocycles. The van der Waals surface area contributed by atoms with E-state index < -0.39 is 4.92 Å². The minimum Gasteiger partial charge on any atom is -0.497 e. The van der Waals surface area contributed by atoms with Gasteiger partial charge in [0.15, 0.2) is 0 Å². The molecule has 0 bridgehead atoms. The number of ether oxygens (including phenoxy) is 3. The van der Waals surface area contributed by atoms with E-state index in [1.54, 1.807) is 11.7 Å². The van der Waals surface area contributed by atoms with E-state index in [1.165, 1.54) is 6.20 Å². The third kappa shape index (κ3) is 4.88. The topological polar surface area (TPSA) is 117 Å². The summed E-state index contributed by atoms with van der Waals surface area (Å²) in [5.74, 6) is 2.38. The van der Waals surface area contributed by atoms with Crippen molar-refractivity contribution in [1.82, 2.24) is 19.9 Å². The van der Waals surface area contributed by atoms with Crippen LogP contribution in [0, 0.1) is 10.1 Å². The standard InChI is InChI=1S/C23H26N6O5/c1-32-18-3-5-19(6-4-18)34-20-8-9-27(13-20)21-7-2-16(11-25-21)10-24-17-12-28-14-22(29(30)31)26-23(28)33-15-17/h2-7,11,14,17,20,24H,8-10,12-13,15H2,1H3/t17-,20?/m0/s1. The van der Waals surface area contributed by atoms with Crippen LogP contribution in [0.25, 0.3) is 0 Å². The van der Waals surface area contributed by atoms with Gasteiger partial charge in [-0.3, -0.25) is 4.57 Å². The van der Waals surface area contributed by atoms with E-state index in [1.807, 2.05) is 36.5 Å². The van der Waals surface area contributed by atoms with Crippen molar-refractivity contribution in [3.63, 3.8) is 0 Å². The number of anilines is 1. The summed E-state index contributed by atoms with van der Waals surface area (Å²) >= 11 is 0. The molecular formula is C23H26N6O5. The average molecular weight is 466 g/mol. The lowest BCUT2D eigenvalue weighted by Gasteiger charge is -2.23. The molecule has 2 aliphatic heterocycles. The number of nitrogens with one attached hydrogen (secondary N) is 1. The van der Waals surface area contributed by atoms with Gasteiger partial charge in [-0.15, -0.1) is 0 Å². The summed E-state index contributed by atoms with van der Waals surface area (Å²) in [4.78, 5) is 21.1. The van der Waals surface area contributed by atoms with Gasteiger partial charge in [-0.25, -0.2) is 4.98 Å². The Hall–Kier alpha value is -3.86. The molecule has 1 fully saturated rings. The first-order chi connectivity index (χ1) is 16.6. The molecule has 3 aromatic rings. The van der Waals surface area contributed by atoms with Crippen molar-refractivity contribution in [3.8, 4) is 17.5 Å². The van der Waals surface area contributed by atoms with Crippen molar-refractivity contribution in [1.29, 1.82) is 0 Å². The second kappa shape index (κ2) is 9.56. The summed E-state index contributed by atoms with van der Waals surface area (Å²) < 4.78 is 18.5. The third-order valence-electron chi connectivity index (χ3n) is 5.98. The molecule has 1 N–H and O–H groups in total. The maximum Gasteiger partial charge on any atom is 0.414 e. The molecule has 5 rings (SSSR count). The summed E-state index contributed by atoms with van der Waals surface area (Å²) in [6.07, 6.45) is 4.33. The molecule has 11 heteroatoms. The Morgan fingerprint density at radius 3 is 2.76 bits per heavy atom. The van der Waals surface area contributed by atoms with Gasteiger partial charge >= 0.3 is 11.8 Å². The van der Waals surface area contributed by atoms with Gasteiger partial charge in [0, 0.05) is 37.2 Å². The molecule has 0 amide bonds. The minimum atomic E-state index is -0.516. The van der Waals surface area contributed by atoms with Crippen LogP contribution in [0.2, 0.25) is 0 Å². The molecule has 178 valence electrons. The van der Waals surface area contributed by atoms with E-state index in [9.17, 15) is 10.1 Å². The summed E-state index contributed by atoms with van der Waals surface area (Å²) in [5, 5.41) is 14.3. The lowest BCUT2D eigenvalue weighted by Crippen LogP contribution is -2.41. The third-order valence-corrected chi connectivity index (χ3v) is 5.98. The fourth-order valence-corrected chi connectivity index (χ4v) is 4.16. The van der Waals surface area contributed by atoms with Crippen LogP contribution in [-0.2, 0) is 13.1 Å². The fraction of sp³-hybridized carbons (Fsp3) is 0.391. The number of nitro groups is 1. The van der Waals surface area contributed by atoms with E-state index in [0.717, 1.165) is 42.4 Å². The number of pyridine rings is 1. The van der Waals surface area contributed by atoms with Gasteiger partial charge in [-0.1, -0.05) is 6.07 Å². The number of methoxy groups -OCH3 is 1. The smallest absolute Gasteiger partial charge is 0.414 e. The number of aromatic nitrogens is 3. The fourth-order valence-electron chi connectivity index (χ4n) is 4.16. The number of nitrogens with zero attached hydrogens (tertiary/aromatic N) is 5. The summed E-state index contributed by atoms with van der Waals surface area (Å²) in [5.41, 5.74) is 1.05. The van der Waals surface area contributed by atoms with Gasteiger partial charge in [-0.05, 0) is 40.8 Å². The van der Waals surface area contributed by atoms with Gasteiger partial charge < -0.3 is 34.5 Å². The van der Waals surface area contributed by atoms with Crippen LogP contribution in [-0.4, -0.2) is 58.4 Å². The minimum absolute atomic E-state index is 0.0235. The highest BCUT2D eigenvalue weighted by atomic mass is 16.6. The quantitative estimate of drug-likeness (QED) is 0.394. The van der Waals surface area contributed by atoms with Crippen LogP contribution < -0.4 is 24.4 Å². The highest BCUT2D eigenvalue weighted by Crippen LogP contribution is 2.24. The van der Waals surface area contributed by atoms with Crippen LogP contribution >= 0.6 is 0 Å². The van der Waals surface area contributed by atoms with E-state index in [0.29, 0.717) is 19.7 Å². The average Bonchev–Trinajstić information content (AvgIpc) is 3.50. The van der Waals surface area contributed by atoms with Crippen LogP contribution in [0.3, 0.4) is 0 Å². The highest BCUT2D eigenvalue weighted by molar-refractivity contribution is 5.41. The normalized spacial score (nSPS) is 19.4. The number of fused-ring (bicyclic) bond motifs is 1. The van der Waals surface area contributed by atoms with Crippen molar-refractivity contribution >= 4 is 11.6 Å². The second-order valence-corrected chi connectivity index (χ2v) is 8.35. The Labute approximate surface area is 196 Å². The highest BCUT2D eigenvalue weighted by Gasteiger charge is 2.28. The van der Waals surface area contributed by atoms with Crippen molar-refractivity contribution in [2.24, 2.45) is 0 Å². The summed E-state index contributed by atoms with van der Waals surface area (Å²) in [7, 11) is 1.65. The molecule has 1 unspecified atom stereocenters. The lowest BCUT2D eigenvalue weighted by molar-refractivity contribution is -0.389. The van der Waals surface area contributed by atoms with Gasteiger partial charge in [0.2, 0.25) is 0 Å². The van der Waals surface area contributed by atoms with Crippen molar-refractivity contribution in [2.75, 3.05) is 31.7 Å². The van der Waals surface area contributed by atoms with Crippen LogP contribution in [0.5, 0.6) is 17.5 Å². The van der Waals surface area contributed by atoms with Crippen molar-refractivity contribution in [3.05, 3.63) is 64.5 Å². The SMILES string of the molecule is COc1ccc(OC2CCN(c3ccc(CN[C@@H]4COc5nc([N+](=O)[O-])cn5C4)cn3)C2)cc1. The van der Waals surface area contributed by atoms with Gasteiger partial charge in [0.25, 0.3) is 0 Å². The Morgan fingerprint density at radius 2 is 2.03 bits per heavy atom. The molecule has 4 heterocycles. The monoisotopic (exact) mass is 466 g/mol. The van der Waals surface area contributed by atoms with E-state index in [4.69, 9.17) is 14.2 Å². The van der Waals surface area contributed by atoms with Gasteiger partial charge in [0.1, 0.15) is 36.2 Å². The molecule has 2 aliphatic rings. The molecule has 0 saturated carbocycles. The number of hydrogen-bond donors (Lipinski definition) is 1. The largest absolute Gasteiger partial charge is 0.497 e. The molecule has 34 heavy (non-hydrogen) atoms. The maximum absolute atomic E-state index is 10.9. The molecule has 2 atom stereocenters. The molecule has 0 spiro atoms. The Kier molecular flexibility index (Phi) is 6.17. The summed E-state index contributed by atoms with van der Waals surface area (Å²) in [6.45, 7) is 3.27. The molecule has 0 radical (unpaired) electrons. The molecule has 11 nitrogen and oxygen atoms in total. The molecule has 2 aromatic heterocycles. The number of hydrogen-bond acceptors (Lipinski definition) is 9. The lowest BCUT2D eigenvalue weighted by atomic mass is 10.2. The Morgan fingerprint density at radius 1 is 1.21 bits per heavy atom. The zero-order valence-corrected chi connectivity index (χ0v) is 18.8. The maximum atomic E-state index is 10.9. The summed E-state index contributed by atoms with van der Waals surface area (Å²) in [6, 6.07) is 12.0. The van der Waals surface area contributed by atoms with Crippen molar-refractivity contribution < 1.29 is 19.1 Å². The van der Waals surface area contributed by atoms with Gasteiger partial charge in [0.05, 0.1) is 19.7 Å². The zero-order valence-electron chi connectivity index (χ0n) is 18.8. The molecule has 0 aliphatic carbocycles. The number of imidazole rings is 1. The Balaban J connectivity index is 1.10. The zero-order chi connectivity index (χ0) is 23.5. The Bertz CT molecular complexity index is 1130. The number of benzene rings is 1. The van der Waals surface area contributed by atoms with Crippen LogP contribution in [0.4, 0.5) is 11.6 Å². The van der Waals surface area contributed by atoms with Gasteiger partial charge in [-0.2, -0.15) is 0 Å². The second-order valence-electron chi connectivity index (χ2n) is 8.35. The van der Waals surface area contributed by atoms with Crippen molar-refractivity contribution in [2.45, 2.75) is 31.7 Å². The first-order valence-electron chi connectivity index (χ1n) is 11.2. The first-order valence-corrected chi connectivity index (χ1v) is 11.2. The van der Waals surface area contributed by atoms with Crippen LogP contribution in [0.15, 0.2) is 48.8 Å². The molecular weight excluding hydrogens is 440 g/mol. The molecule has 1 saturated heterocycles. The van der Waals surface area contributed by atoms with E-state index >= 15 is 0 Å². The van der Waals surface area contributed by atoms with Crippen LogP contribution in [0.1, 0.15) is 12.0 Å². The predicted molar refractivity (Wildman–Crippen MR) is 123 cm³/mol. The van der Waals surface area contributed by atoms with E-state index in [-0.39, 0.29) is 24.0 Å². The first kappa shape index (κ1) is 22.0. The predicted octanol–water partition coefficient (Wildman–Crippen LogP) is 2.40. The number of rotatable bonds is 8.